The Kier molecular flexibility index (Phi) is 5.69. The first-order valence-corrected chi connectivity index (χ1v) is 9.34. The molecule has 0 saturated carbocycles. The molecule has 1 aromatic carbocycles. The van der Waals surface area contributed by atoms with Gasteiger partial charge in [0.1, 0.15) is 5.69 Å². The molecule has 1 amide bonds. The van der Waals surface area contributed by atoms with Gasteiger partial charge in [-0.2, -0.15) is 0 Å². The van der Waals surface area contributed by atoms with Crippen LogP contribution in [-0.4, -0.2) is 28.4 Å². The fourth-order valence-electron chi connectivity index (χ4n) is 3.54. The molecular formula is C21H27N3O. The number of amides is 1. The number of hydrogen-bond donors (Lipinski definition) is 1. The highest BCUT2D eigenvalue weighted by Crippen LogP contribution is 2.23. The van der Waals surface area contributed by atoms with Crippen LogP contribution in [0, 0.1) is 0 Å². The number of rotatable bonds is 5. The van der Waals surface area contributed by atoms with Gasteiger partial charge in [0.05, 0.1) is 11.9 Å². The molecule has 1 atom stereocenters. The highest BCUT2D eigenvalue weighted by atomic mass is 16.2. The molecule has 1 aliphatic rings. The van der Waals surface area contributed by atoms with Crippen LogP contribution < -0.4 is 5.32 Å². The molecule has 1 unspecified atom stereocenters. The number of nitrogens with zero attached hydrogens (tertiary/aromatic N) is 2. The maximum absolute atomic E-state index is 12.8. The van der Waals surface area contributed by atoms with Crippen LogP contribution in [0.1, 0.15) is 55.6 Å². The molecule has 0 radical (unpaired) electrons. The number of aromatic nitrogens is 1. The Morgan fingerprint density at radius 3 is 2.76 bits per heavy atom. The Morgan fingerprint density at radius 2 is 2.04 bits per heavy atom. The van der Waals surface area contributed by atoms with E-state index in [0.717, 1.165) is 43.6 Å². The number of carbonyl (C=O) groups excluding carboxylic acids is 1. The molecule has 2 aromatic rings. The maximum atomic E-state index is 12.8. The highest BCUT2D eigenvalue weighted by Gasteiger charge is 2.26. The van der Waals surface area contributed by atoms with E-state index in [0.29, 0.717) is 11.7 Å². The van der Waals surface area contributed by atoms with Crippen molar-refractivity contribution in [2.24, 2.45) is 0 Å². The van der Waals surface area contributed by atoms with Crippen molar-refractivity contribution < 1.29 is 4.79 Å². The number of nitrogens with one attached hydrogen (secondary N) is 1. The highest BCUT2D eigenvalue weighted by molar-refractivity contribution is 5.92. The molecule has 0 spiro atoms. The van der Waals surface area contributed by atoms with Crippen molar-refractivity contribution in [1.82, 2.24) is 9.88 Å². The van der Waals surface area contributed by atoms with E-state index in [2.05, 4.69) is 36.3 Å². The van der Waals surface area contributed by atoms with Crippen molar-refractivity contribution >= 4 is 17.3 Å². The maximum Gasteiger partial charge on any atom is 0.272 e. The lowest BCUT2D eigenvalue weighted by Crippen LogP contribution is -2.43. The number of para-hydroxylation sites is 1. The molecule has 4 nitrogen and oxygen atoms in total. The first kappa shape index (κ1) is 17.5. The summed E-state index contributed by atoms with van der Waals surface area (Å²) in [5, 5.41) is 3.40. The molecule has 4 heteroatoms. The van der Waals surface area contributed by atoms with Crippen molar-refractivity contribution in [1.29, 1.82) is 0 Å². The van der Waals surface area contributed by atoms with Crippen molar-refractivity contribution in [2.45, 2.75) is 52.0 Å². The Balaban J connectivity index is 1.72. The first-order chi connectivity index (χ1) is 12.2. The van der Waals surface area contributed by atoms with Crippen LogP contribution in [0.15, 0.2) is 42.6 Å². The molecule has 0 aliphatic carbocycles. The zero-order chi connectivity index (χ0) is 17.6. The van der Waals surface area contributed by atoms with Gasteiger partial charge in [0.25, 0.3) is 5.91 Å². The van der Waals surface area contributed by atoms with E-state index in [1.165, 1.54) is 12.0 Å². The van der Waals surface area contributed by atoms with Gasteiger partial charge in [0.15, 0.2) is 0 Å². The average molecular weight is 337 g/mol. The third kappa shape index (κ3) is 4.01. The van der Waals surface area contributed by atoms with Crippen LogP contribution >= 0.6 is 0 Å². The molecule has 3 rings (SSSR count). The molecule has 25 heavy (non-hydrogen) atoms. The Morgan fingerprint density at radius 1 is 1.20 bits per heavy atom. The van der Waals surface area contributed by atoms with E-state index in [1.807, 2.05) is 29.2 Å². The predicted molar refractivity (Wildman–Crippen MR) is 102 cm³/mol. The van der Waals surface area contributed by atoms with Gasteiger partial charge in [-0.3, -0.25) is 4.79 Å². The van der Waals surface area contributed by atoms with Gasteiger partial charge in [-0.15, -0.1) is 0 Å². The second-order valence-electron chi connectivity index (χ2n) is 6.62. The average Bonchev–Trinajstić information content (AvgIpc) is 2.68. The number of aryl methyl sites for hydroxylation is 1. The normalized spacial score (nSPS) is 17.4. The minimum Gasteiger partial charge on any atom is -0.354 e. The molecule has 1 aromatic heterocycles. The summed E-state index contributed by atoms with van der Waals surface area (Å²) in [4.78, 5) is 19.2. The molecule has 0 bridgehead atoms. The van der Waals surface area contributed by atoms with Crippen LogP contribution in [-0.2, 0) is 6.42 Å². The van der Waals surface area contributed by atoms with Gasteiger partial charge in [-0.1, -0.05) is 32.0 Å². The largest absolute Gasteiger partial charge is 0.354 e. The molecular weight excluding hydrogens is 310 g/mol. The third-order valence-electron chi connectivity index (χ3n) is 5.02. The summed E-state index contributed by atoms with van der Waals surface area (Å²) >= 11 is 0. The van der Waals surface area contributed by atoms with E-state index in [9.17, 15) is 4.79 Å². The number of carbonyl (C=O) groups is 1. The second kappa shape index (κ2) is 8.15. The van der Waals surface area contributed by atoms with Gasteiger partial charge in [0.2, 0.25) is 0 Å². The Labute approximate surface area is 150 Å². The number of benzene rings is 1. The van der Waals surface area contributed by atoms with Gasteiger partial charge in [-0.05, 0) is 55.9 Å². The summed E-state index contributed by atoms with van der Waals surface area (Å²) in [6.45, 7) is 5.15. The SMILES string of the molecule is CCc1ccccc1Nc1ccc(C(=O)N2CCCCC2CC)nc1. The van der Waals surface area contributed by atoms with Gasteiger partial charge >= 0.3 is 0 Å². The predicted octanol–water partition coefficient (Wildman–Crippen LogP) is 4.79. The zero-order valence-corrected chi connectivity index (χ0v) is 15.2. The van der Waals surface area contributed by atoms with Crippen molar-refractivity contribution in [3.63, 3.8) is 0 Å². The summed E-state index contributed by atoms with van der Waals surface area (Å²) in [6.07, 6.45) is 7.16. The minimum absolute atomic E-state index is 0.0621. The van der Waals surface area contributed by atoms with Crippen molar-refractivity contribution in [2.75, 3.05) is 11.9 Å². The molecule has 2 heterocycles. The van der Waals surface area contributed by atoms with Crippen LogP contribution in [0.5, 0.6) is 0 Å². The molecule has 1 fully saturated rings. The number of likely N-dealkylation sites (tertiary alicyclic amines) is 1. The van der Waals surface area contributed by atoms with E-state index in [-0.39, 0.29) is 5.91 Å². The lowest BCUT2D eigenvalue weighted by Gasteiger charge is -2.35. The summed E-state index contributed by atoms with van der Waals surface area (Å²) in [5.74, 6) is 0.0621. The van der Waals surface area contributed by atoms with E-state index >= 15 is 0 Å². The van der Waals surface area contributed by atoms with E-state index in [4.69, 9.17) is 0 Å². The first-order valence-electron chi connectivity index (χ1n) is 9.34. The quantitative estimate of drug-likeness (QED) is 0.853. The standard InChI is InChI=1S/C21H27N3O/c1-3-16-9-5-6-11-19(16)23-17-12-13-20(22-15-17)21(25)24-14-8-7-10-18(24)4-2/h5-6,9,11-13,15,18,23H,3-4,7-8,10,14H2,1-2H3. The summed E-state index contributed by atoms with van der Waals surface area (Å²) in [6, 6.07) is 12.4. The lowest BCUT2D eigenvalue weighted by atomic mass is 9.99. The number of hydrogen-bond acceptors (Lipinski definition) is 3. The van der Waals surface area contributed by atoms with Gasteiger partial charge in [-0.25, -0.2) is 4.98 Å². The lowest BCUT2D eigenvalue weighted by molar-refractivity contribution is 0.0602. The number of pyridine rings is 1. The van der Waals surface area contributed by atoms with E-state index < -0.39 is 0 Å². The number of anilines is 2. The van der Waals surface area contributed by atoms with E-state index in [1.54, 1.807) is 6.20 Å². The Bertz CT molecular complexity index is 711. The topological polar surface area (TPSA) is 45.2 Å². The van der Waals surface area contributed by atoms with Crippen molar-refractivity contribution in [3.8, 4) is 0 Å². The molecule has 132 valence electrons. The molecule has 1 saturated heterocycles. The van der Waals surface area contributed by atoms with Gasteiger partial charge in [0, 0.05) is 18.3 Å². The minimum atomic E-state index is 0.0621. The Hall–Kier alpha value is -2.36. The third-order valence-corrected chi connectivity index (χ3v) is 5.02. The van der Waals surface area contributed by atoms with Gasteiger partial charge < -0.3 is 10.2 Å². The van der Waals surface area contributed by atoms with Crippen molar-refractivity contribution in [3.05, 3.63) is 53.9 Å². The summed E-state index contributed by atoms with van der Waals surface area (Å²) in [7, 11) is 0. The zero-order valence-electron chi connectivity index (χ0n) is 15.2. The van der Waals surface area contributed by atoms with Crippen LogP contribution in [0.25, 0.3) is 0 Å². The van der Waals surface area contributed by atoms with Crippen LogP contribution in [0.2, 0.25) is 0 Å². The second-order valence-corrected chi connectivity index (χ2v) is 6.62. The monoisotopic (exact) mass is 337 g/mol. The molecule has 1 aliphatic heterocycles. The summed E-state index contributed by atoms with van der Waals surface area (Å²) < 4.78 is 0. The van der Waals surface area contributed by atoms with Crippen LogP contribution in [0.4, 0.5) is 11.4 Å². The smallest absolute Gasteiger partial charge is 0.272 e. The van der Waals surface area contributed by atoms with Crippen LogP contribution in [0.3, 0.4) is 0 Å². The fraction of sp³-hybridized carbons (Fsp3) is 0.429. The molecule has 1 N–H and O–H groups in total. The number of piperidine rings is 1. The summed E-state index contributed by atoms with van der Waals surface area (Å²) in [5.41, 5.74) is 3.80. The fourth-order valence-corrected chi connectivity index (χ4v) is 3.54.